The number of nitrogens with two attached hydrogens (primary N) is 1. The molecule has 0 aromatic carbocycles. The van der Waals surface area contributed by atoms with E-state index in [4.69, 9.17) is 27.4 Å². The van der Waals surface area contributed by atoms with Crippen LogP contribution in [0.25, 0.3) is 0 Å². The van der Waals surface area contributed by atoms with Crippen molar-refractivity contribution in [3.63, 3.8) is 0 Å². The lowest BCUT2D eigenvalue weighted by Gasteiger charge is -2.09. The molecule has 5 nitrogen and oxygen atoms in total. The summed E-state index contributed by atoms with van der Waals surface area (Å²) in [5, 5.41) is 3.17. The van der Waals surface area contributed by atoms with Gasteiger partial charge in [-0.2, -0.15) is 0 Å². The number of thiocarbonyl (C=S) groups is 1. The Hall–Kier alpha value is -1.24. The van der Waals surface area contributed by atoms with Crippen LogP contribution in [0.15, 0.2) is 12.1 Å². The van der Waals surface area contributed by atoms with Crippen LogP contribution in [0.2, 0.25) is 0 Å². The Morgan fingerprint density at radius 2 is 2.17 bits per heavy atom. The van der Waals surface area contributed by atoms with Crippen LogP contribution >= 0.6 is 12.2 Å². The van der Waals surface area contributed by atoms with Crippen molar-refractivity contribution >= 4 is 23.0 Å². The number of ether oxygens (including phenoxy) is 2. The molecule has 0 saturated heterocycles. The van der Waals surface area contributed by atoms with Crippen molar-refractivity contribution in [2.24, 2.45) is 5.73 Å². The lowest BCUT2D eigenvalue weighted by Crippen LogP contribution is -2.15. The second kappa shape index (κ2) is 7.97. The van der Waals surface area contributed by atoms with Crippen molar-refractivity contribution < 1.29 is 9.47 Å². The first-order valence-electron chi connectivity index (χ1n) is 5.72. The quantitative estimate of drug-likeness (QED) is 0.544. The van der Waals surface area contributed by atoms with Gasteiger partial charge in [-0.25, -0.2) is 4.98 Å². The highest BCUT2D eigenvalue weighted by atomic mass is 32.1. The number of rotatable bonds is 8. The number of aryl methyl sites for hydroxylation is 1. The third-order valence-corrected chi connectivity index (χ3v) is 2.46. The van der Waals surface area contributed by atoms with Crippen LogP contribution in [0.1, 0.15) is 11.3 Å². The summed E-state index contributed by atoms with van der Waals surface area (Å²) in [6, 6.07) is 3.70. The molecule has 1 aromatic heterocycles. The monoisotopic (exact) mass is 269 g/mol. The minimum absolute atomic E-state index is 0.375. The van der Waals surface area contributed by atoms with E-state index in [9.17, 15) is 0 Å². The molecule has 0 aliphatic rings. The second-order valence-electron chi connectivity index (χ2n) is 3.78. The van der Waals surface area contributed by atoms with Gasteiger partial charge in [0, 0.05) is 24.9 Å². The van der Waals surface area contributed by atoms with Crippen LogP contribution < -0.4 is 11.1 Å². The van der Waals surface area contributed by atoms with Gasteiger partial charge in [0.25, 0.3) is 0 Å². The maximum absolute atomic E-state index is 5.60. The zero-order valence-corrected chi connectivity index (χ0v) is 11.5. The Bertz CT molecular complexity index is 399. The minimum atomic E-state index is 0.375. The summed E-state index contributed by atoms with van der Waals surface area (Å²) < 4.78 is 10.2. The zero-order chi connectivity index (χ0) is 13.4. The molecule has 1 aromatic rings. The van der Waals surface area contributed by atoms with Gasteiger partial charge in [0.05, 0.1) is 19.8 Å². The van der Waals surface area contributed by atoms with Crippen LogP contribution in [0.5, 0.6) is 0 Å². The molecule has 0 saturated carbocycles. The van der Waals surface area contributed by atoms with Crippen LogP contribution in [-0.4, -0.2) is 43.4 Å². The first-order valence-corrected chi connectivity index (χ1v) is 6.13. The molecule has 0 atom stereocenters. The first-order chi connectivity index (χ1) is 8.63. The molecule has 100 valence electrons. The van der Waals surface area contributed by atoms with Crippen molar-refractivity contribution in [1.82, 2.24) is 4.98 Å². The average Bonchev–Trinajstić information content (AvgIpc) is 2.33. The minimum Gasteiger partial charge on any atom is -0.389 e. The predicted octanol–water partition coefficient (Wildman–Crippen LogP) is 1.10. The average molecular weight is 269 g/mol. The maximum Gasteiger partial charge on any atom is 0.126 e. The molecular weight excluding hydrogens is 250 g/mol. The van der Waals surface area contributed by atoms with Crippen LogP contribution in [0.3, 0.4) is 0 Å². The molecule has 0 radical (unpaired) electrons. The summed E-state index contributed by atoms with van der Waals surface area (Å²) in [5.41, 5.74) is 7.30. The third kappa shape index (κ3) is 5.39. The molecular formula is C12H19N3O2S. The molecule has 0 aliphatic heterocycles. The SMILES string of the molecule is COCCOCCNc1cc(C(N)=S)cc(C)n1. The van der Waals surface area contributed by atoms with E-state index in [0.717, 1.165) is 17.1 Å². The van der Waals surface area contributed by atoms with E-state index in [1.54, 1.807) is 7.11 Å². The van der Waals surface area contributed by atoms with Gasteiger partial charge in [0.2, 0.25) is 0 Å². The Kier molecular flexibility index (Phi) is 6.56. The van der Waals surface area contributed by atoms with Crippen molar-refractivity contribution in [1.29, 1.82) is 0 Å². The molecule has 0 fully saturated rings. The molecule has 18 heavy (non-hydrogen) atoms. The molecule has 0 bridgehead atoms. The fraction of sp³-hybridized carbons (Fsp3) is 0.500. The van der Waals surface area contributed by atoms with Gasteiger partial charge in [-0.1, -0.05) is 12.2 Å². The highest BCUT2D eigenvalue weighted by Crippen LogP contribution is 2.09. The standard InChI is InChI=1S/C12H19N3O2S/c1-9-7-10(12(13)18)8-11(15-9)14-3-4-17-6-5-16-2/h7-8H,3-6H2,1-2H3,(H2,13,18)(H,14,15). The Morgan fingerprint density at radius 3 is 2.83 bits per heavy atom. The van der Waals surface area contributed by atoms with Gasteiger partial charge < -0.3 is 20.5 Å². The van der Waals surface area contributed by atoms with Gasteiger partial charge in [0.15, 0.2) is 0 Å². The van der Waals surface area contributed by atoms with Crippen LogP contribution in [0.4, 0.5) is 5.82 Å². The lowest BCUT2D eigenvalue weighted by molar-refractivity contribution is 0.0759. The fourth-order valence-electron chi connectivity index (χ4n) is 1.40. The topological polar surface area (TPSA) is 69.4 Å². The summed E-state index contributed by atoms with van der Waals surface area (Å²) in [7, 11) is 1.65. The number of nitrogens with one attached hydrogen (secondary N) is 1. The van der Waals surface area contributed by atoms with Gasteiger partial charge in [-0.3, -0.25) is 0 Å². The molecule has 1 rings (SSSR count). The Labute approximate surface area is 113 Å². The fourth-order valence-corrected chi connectivity index (χ4v) is 1.51. The molecule has 0 aliphatic carbocycles. The highest BCUT2D eigenvalue weighted by Gasteiger charge is 2.02. The van der Waals surface area contributed by atoms with E-state index >= 15 is 0 Å². The summed E-state index contributed by atoms with van der Waals surface area (Å²) in [4.78, 5) is 4.72. The Balaban J connectivity index is 2.40. The van der Waals surface area contributed by atoms with Crippen molar-refractivity contribution in [3.8, 4) is 0 Å². The van der Waals surface area contributed by atoms with Crippen LogP contribution in [0, 0.1) is 6.92 Å². The van der Waals surface area contributed by atoms with Crippen molar-refractivity contribution in [2.45, 2.75) is 6.92 Å². The number of hydrogen-bond acceptors (Lipinski definition) is 5. The number of aromatic nitrogens is 1. The van der Waals surface area contributed by atoms with Crippen molar-refractivity contribution in [3.05, 3.63) is 23.4 Å². The number of pyridine rings is 1. The third-order valence-electron chi connectivity index (χ3n) is 2.22. The molecule has 0 amide bonds. The highest BCUT2D eigenvalue weighted by molar-refractivity contribution is 7.80. The van der Waals surface area contributed by atoms with Crippen molar-refractivity contribution in [2.75, 3.05) is 38.8 Å². The molecule has 1 heterocycles. The molecule has 0 spiro atoms. The maximum atomic E-state index is 5.60. The van der Waals surface area contributed by atoms with E-state index < -0.39 is 0 Å². The van der Waals surface area contributed by atoms with E-state index in [1.807, 2.05) is 19.1 Å². The normalized spacial score (nSPS) is 10.3. The zero-order valence-electron chi connectivity index (χ0n) is 10.7. The second-order valence-corrected chi connectivity index (χ2v) is 4.22. The number of anilines is 1. The number of nitrogens with zero attached hydrogens (tertiary/aromatic N) is 1. The molecule has 6 heteroatoms. The molecule has 3 N–H and O–H groups in total. The van der Waals surface area contributed by atoms with Gasteiger partial charge in [-0.05, 0) is 19.1 Å². The number of hydrogen-bond donors (Lipinski definition) is 2. The van der Waals surface area contributed by atoms with Gasteiger partial charge in [0.1, 0.15) is 10.8 Å². The Morgan fingerprint density at radius 1 is 1.39 bits per heavy atom. The summed E-state index contributed by atoms with van der Waals surface area (Å²) in [6.45, 7) is 4.38. The summed E-state index contributed by atoms with van der Waals surface area (Å²) >= 11 is 4.95. The summed E-state index contributed by atoms with van der Waals surface area (Å²) in [6.07, 6.45) is 0. The predicted molar refractivity (Wildman–Crippen MR) is 76.0 cm³/mol. The van der Waals surface area contributed by atoms with Gasteiger partial charge >= 0.3 is 0 Å². The van der Waals surface area contributed by atoms with Crippen LogP contribution in [-0.2, 0) is 9.47 Å². The van der Waals surface area contributed by atoms with E-state index in [-0.39, 0.29) is 0 Å². The first kappa shape index (κ1) is 14.8. The van der Waals surface area contributed by atoms with E-state index in [0.29, 0.717) is 31.4 Å². The van der Waals surface area contributed by atoms with E-state index in [2.05, 4.69) is 10.3 Å². The largest absolute Gasteiger partial charge is 0.389 e. The molecule has 0 unspecified atom stereocenters. The van der Waals surface area contributed by atoms with E-state index in [1.165, 1.54) is 0 Å². The lowest BCUT2D eigenvalue weighted by atomic mass is 10.2. The smallest absolute Gasteiger partial charge is 0.126 e. The summed E-state index contributed by atoms with van der Waals surface area (Å²) in [5.74, 6) is 0.758. The van der Waals surface area contributed by atoms with Gasteiger partial charge in [-0.15, -0.1) is 0 Å². The number of methoxy groups -OCH3 is 1.